The highest BCUT2D eigenvalue weighted by atomic mass is 32.2. The van der Waals surface area contributed by atoms with Crippen molar-refractivity contribution >= 4 is 44.9 Å². The highest BCUT2D eigenvalue weighted by Gasteiger charge is 2.62. The van der Waals surface area contributed by atoms with Gasteiger partial charge in [-0.15, -0.1) is 0 Å². The molecule has 0 radical (unpaired) electrons. The lowest BCUT2D eigenvalue weighted by atomic mass is 10.1. The van der Waals surface area contributed by atoms with Crippen molar-refractivity contribution in [3.8, 4) is 11.6 Å². The molecule has 2 saturated carbocycles. The lowest BCUT2D eigenvalue weighted by molar-refractivity contribution is -0.141. The van der Waals surface area contributed by atoms with Crippen LogP contribution in [0.15, 0.2) is 30.4 Å². The Morgan fingerprint density at radius 2 is 1.88 bits per heavy atom. The Balaban J connectivity index is 1.32. The van der Waals surface area contributed by atoms with Gasteiger partial charge < -0.3 is 30.1 Å². The first kappa shape index (κ1) is 35.4. The molecule has 16 heteroatoms. The molecule has 5 atom stereocenters. The van der Waals surface area contributed by atoms with E-state index in [1.165, 1.54) is 4.90 Å². The van der Waals surface area contributed by atoms with Crippen molar-refractivity contribution in [2.75, 3.05) is 13.7 Å². The number of fused-ring (bicyclic) bond motifs is 3. The molecule has 15 nitrogen and oxygen atoms in total. The zero-order chi connectivity index (χ0) is 35.8. The molecule has 0 spiro atoms. The summed E-state index contributed by atoms with van der Waals surface area (Å²) >= 11 is 0. The number of sulfonamides is 1. The van der Waals surface area contributed by atoms with E-state index in [9.17, 15) is 32.7 Å². The molecule has 0 bridgehead atoms. The summed E-state index contributed by atoms with van der Waals surface area (Å²) in [6, 6.07) is 3.04. The number of rotatable bonds is 8. The molecule has 2 aliphatic heterocycles. The van der Waals surface area contributed by atoms with Gasteiger partial charge in [0, 0.05) is 24.3 Å². The van der Waals surface area contributed by atoms with Crippen molar-refractivity contribution in [3.63, 3.8) is 0 Å². The Morgan fingerprint density at radius 1 is 1.10 bits per heavy atom. The fraction of sp³-hybridized carbons (Fsp3) is 0.588. The molecule has 4 aliphatic rings. The monoisotopic (exact) mass is 712 g/mol. The zero-order valence-electron chi connectivity index (χ0n) is 28.4. The number of hydrogen-bond donors (Lipinski definition) is 4. The van der Waals surface area contributed by atoms with Crippen molar-refractivity contribution in [2.24, 2.45) is 5.92 Å². The van der Waals surface area contributed by atoms with Crippen LogP contribution in [0.1, 0.15) is 83.2 Å². The van der Waals surface area contributed by atoms with Crippen LogP contribution in [0.25, 0.3) is 11.0 Å². The highest BCUT2D eigenvalue weighted by Crippen LogP contribution is 2.46. The molecule has 6 rings (SSSR count). The molecule has 1 aromatic carbocycles. The summed E-state index contributed by atoms with van der Waals surface area (Å²) in [5.74, 6) is -1.78. The molecule has 4 amide bonds. The number of carbonyl (C=O) groups excluding carboxylic acids is 3. The maximum atomic E-state index is 14.2. The van der Waals surface area contributed by atoms with Gasteiger partial charge in [-0.2, -0.15) is 0 Å². The molecule has 2 aliphatic carbocycles. The number of ether oxygens (including phenoxy) is 2. The van der Waals surface area contributed by atoms with Crippen LogP contribution in [0, 0.1) is 5.92 Å². The van der Waals surface area contributed by atoms with Crippen molar-refractivity contribution in [2.45, 2.75) is 107 Å². The van der Waals surface area contributed by atoms with E-state index in [2.05, 4.69) is 15.4 Å². The van der Waals surface area contributed by atoms with Crippen molar-refractivity contribution in [1.82, 2.24) is 30.2 Å². The normalized spacial score (nSPS) is 28.0. The molecule has 3 fully saturated rings. The lowest BCUT2D eigenvalue weighted by Crippen LogP contribution is -2.58. The number of allylic oxidation sites excluding steroid dienone is 1. The molecule has 2 aromatic rings. The molecule has 4 N–H and O–H groups in total. The molecule has 50 heavy (non-hydrogen) atoms. The number of benzene rings is 1. The maximum absolute atomic E-state index is 14.2. The van der Waals surface area contributed by atoms with Gasteiger partial charge in [0.15, 0.2) is 0 Å². The minimum atomic E-state index is -3.89. The number of methoxy groups -OCH3 is 1. The second-order valence-corrected chi connectivity index (χ2v) is 15.9. The summed E-state index contributed by atoms with van der Waals surface area (Å²) in [5.41, 5.74) is 0.223. The third-order valence-electron chi connectivity index (χ3n) is 9.83. The predicted octanol–water partition coefficient (Wildman–Crippen LogP) is 2.75. The average molecular weight is 713 g/mol. The Labute approximate surface area is 290 Å². The van der Waals surface area contributed by atoms with Crippen LogP contribution in [-0.4, -0.2) is 94.8 Å². The van der Waals surface area contributed by atoms with Crippen molar-refractivity contribution < 1.29 is 42.2 Å². The molecular formula is C34H44N6O9S. The third-order valence-corrected chi connectivity index (χ3v) is 11.6. The van der Waals surface area contributed by atoms with Gasteiger partial charge in [0.2, 0.25) is 27.7 Å². The van der Waals surface area contributed by atoms with Gasteiger partial charge in [-0.1, -0.05) is 38.8 Å². The van der Waals surface area contributed by atoms with Crippen LogP contribution < -0.4 is 24.8 Å². The first-order valence-electron chi connectivity index (χ1n) is 17.2. The molecule has 3 heterocycles. The van der Waals surface area contributed by atoms with Gasteiger partial charge in [0.25, 0.3) is 5.91 Å². The van der Waals surface area contributed by atoms with Gasteiger partial charge in [-0.05, 0) is 50.7 Å². The standard InChI is InChI=1S/C34H44N6O9S/c1-19(2)28-30(36-26-15-21(48-3)11-14-24(26)35-28)49-22-16-27-29(41)38-34(32(43)39-50(46,47)23-12-13-23)17-20(34)9-7-5-4-6-8-10-25(37-33(44)45)31(42)40(27)18-22/h7,9,11,14-15,19-20,22-23,25,27,37H,4-6,8,10,12-13,16-18H2,1-3H3,(H,38,41)(H,39,43)(H,44,45)/b9-7-. The summed E-state index contributed by atoms with van der Waals surface area (Å²) in [4.78, 5) is 64.4. The Bertz CT molecular complexity index is 1810. The van der Waals surface area contributed by atoms with Crippen LogP contribution in [0.4, 0.5) is 4.79 Å². The van der Waals surface area contributed by atoms with Gasteiger partial charge >= 0.3 is 6.09 Å². The second-order valence-electron chi connectivity index (χ2n) is 13.9. The second kappa shape index (κ2) is 14.0. The Kier molecular flexibility index (Phi) is 9.93. The molecule has 1 aromatic heterocycles. The number of carboxylic acid groups (broad SMARTS) is 1. The maximum Gasteiger partial charge on any atom is 0.405 e. The van der Waals surface area contributed by atoms with Gasteiger partial charge in [0.05, 0.1) is 29.9 Å². The van der Waals surface area contributed by atoms with Crippen LogP contribution in [0.3, 0.4) is 0 Å². The summed E-state index contributed by atoms with van der Waals surface area (Å²) in [6.07, 6.45) is 5.72. The van der Waals surface area contributed by atoms with Crippen molar-refractivity contribution in [1.29, 1.82) is 0 Å². The number of aromatic nitrogens is 2. The van der Waals surface area contributed by atoms with Gasteiger partial charge in [0.1, 0.15) is 35.2 Å². The first-order valence-corrected chi connectivity index (χ1v) is 18.7. The van der Waals surface area contributed by atoms with Crippen LogP contribution in [0.5, 0.6) is 11.6 Å². The smallest absolute Gasteiger partial charge is 0.405 e. The minimum Gasteiger partial charge on any atom is -0.497 e. The van der Waals surface area contributed by atoms with Crippen LogP contribution in [-0.2, 0) is 24.4 Å². The lowest BCUT2D eigenvalue weighted by Gasteiger charge is -2.29. The van der Waals surface area contributed by atoms with Crippen LogP contribution >= 0.6 is 0 Å². The quantitative estimate of drug-likeness (QED) is 0.293. The molecule has 270 valence electrons. The van der Waals surface area contributed by atoms with E-state index in [-0.39, 0.29) is 37.6 Å². The Hall–Kier alpha value is -4.47. The van der Waals surface area contributed by atoms with E-state index < -0.39 is 68.7 Å². The fourth-order valence-corrected chi connectivity index (χ4v) is 8.14. The topological polar surface area (TPSA) is 206 Å². The number of hydrogen-bond acceptors (Lipinski definition) is 10. The van der Waals surface area contributed by atoms with E-state index in [0.29, 0.717) is 48.2 Å². The minimum absolute atomic E-state index is 0.00526. The van der Waals surface area contributed by atoms with Gasteiger partial charge in [-0.25, -0.2) is 23.2 Å². The average Bonchev–Trinajstić information content (AvgIpc) is 3.99. The molecule has 1 saturated heterocycles. The third kappa shape index (κ3) is 7.49. The summed E-state index contributed by atoms with van der Waals surface area (Å²) < 4.78 is 39.4. The summed E-state index contributed by atoms with van der Waals surface area (Å²) in [6.45, 7) is 3.82. The first-order chi connectivity index (χ1) is 23.8. The molecular weight excluding hydrogens is 668 g/mol. The number of carbonyl (C=O) groups is 4. The predicted molar refractivity (Wildman–Crippen MR) is 181 cm³/mol. The van der Waals surface area contributed by atoms with Crippen LogP contribution in [0.2, 0.25) is 0 Å². The van der Waals surface area contributed by atoms with E-state index >= 15 is 0 Å². The fourth-order valence-electron chi connectivity index (χ4n) is 6.78. The Morgan fingerprint density at radius 3 is 2.58 bits per heavy atom. The largest absolute Gasteiger partial charge is 0.497 e. The SMILES string of the molecule is COc1ccc2nc(C(C)C)c(OC3CC4C(=O)NC5(C(=O)NS(=O)(=O)C6CC6)CC5/C=C\CCCCCC(NC(=O)O)C(=O)N4C3)nc2c1. The highest BCUT2D eigenvalue weighted by molar-refractivity contribution is 7.91. The number of nitrogens with zero attached hydrogens (tertiary/aromatic N) is 3. The number of amides is 4. The summed E-state index contributed by atoms with van der Waals surface area (Å²) in [7, 11) is -2.35. The van der Waals surface area contributed by atoms with E-state index in [1.807, 2.05) is 26.0 Å². The summed E-state index contributed by atoms with van der Waals surface area (Å²) in [5, 5.41) is 14.1. The van der Waals surface area contributed by atoms with Crippen molar-refractivity contribution in [3.05, 3.63) is 36.0 Å². The zero-order valence-corrected chi connectivity index (χ0v) is 29.2. The van der Waals surface area contributed by atoms with E-state index in [1.54, 1.807) is 25.3 Å². The molecule has 5 unspecified atom stereocenters. The van der Waals surface area contributed by atoms with E-state index in [4.69, 9.17) is 19.4 Å². The van der Waals surface area contributed by atoms with Gasteiger partial charge in [-0.3, -0.25) is 19.1 Å². The number of nitrogens with one attached hydrogen (secondary N) is 3. The van der Waals surface area contributed by atoms with E-state index in [0.717, 1.165) is 12.8 Å².